The summed E-state index contributed by atoms with van der Waals surface area (Å²) in [5.41, 5.74) is 0.901. The minimum absolute atomic E-state index is 0.0684. The molecule has 24 heavy (non-hydrogen) atoms. The van der Waals surface area contributed by atoms with E-state index in [2.05, 4.69) is 38.1 Å². The number of nitrogens with zero attached hydrogens (tertiary/aromatic N) is 4. The smallest absolute Gasteiger partial charge is 0.325 e. The van der Waals surface area contributed by atoms with Crippen molar-refractivity contribution in [3.63, 3.8) is 0 Å². The SMILES string of the molecule is CCOC(=O)CNc1nc(CS)nc(Cl)c1N=Nc1ccccc1. The molecule has 0 bridgehead atoms. The average molecular weight is 366 g/mol. The molecule has 1 heterocycles. The number of hydrogen-bond acceptors (Lipinski definition) is 8. The molecule has 9 heteroatoms. The Bertz CT molecular complexity index is 727. The number of halogens is 1. The van der Waals surface area contributed by atoms with E-state index in [-0.39, 0.29) is 17.4 Å². The second-order valence-corrected chi connectivity index (χ2v) is 5.15. The van der Waals surface area contributed by atoms with E-state index in [1.807, 2.05) is 18.2 Å². The van der Waals surface area contributed by atoms with Crippen LogP contribution in [0.25, 0.3) is 0 Å². The van der Waals surface area contributed by atoms with E-state index in [0.29, 0.717) is 29.7 Å². The normalized spacial score (nSPS) is 10.8. The first-order chi connectivity index (χ1) is 11.6. The average Bonchev–Trinajstić information content (AvgIpc) is 2.59. The quantitative estimate of drug-likeness (QED) is 0.335. The van der Waals surface area contributed by atoms with Crippen LogP contribution in [0.3, 0.4) is 0 Å². The van der Waals surface area contributed by atoms with E-state index in [0.717, 1.165) is 0 Å². The fraction of sp³-hybridized carbons (Fsp3) is 0.267. The molecule has 0 amide bonds. The number of aromatic nitrogens is 2. The van der Waals surface area contributed by atoms with Gasteiger partial charge in [-0.1, -0.05) is 29.8 Å². The molecular weight excluding hydrogens is 350 g/mol. The Morgan fingerprint density at radius 3 is 2.71 bits per heavy atom. The summed E-state index contributed by atoms with van der Waals surface area (Å²) in [4.78, 5) is 19.9. The maximum atomic E-state index is 11.5. The van der Waals surface area contributed by atoms with E-state index in [4.69, 9.17) is 16.3 Å². The van der Waals surface area contributed by atoms with Crippen molar-refractivity contribution in [2.75, 3.05) is 18.5 Å². The highest BCUT2D eigenvalue weighted by molar-refractivity contribution is 7.79. The molecule has 126 valence electrons. The van der Waals surface area contributed by atoms with Crippen LogP contribution in [0.4, 0.5) is 17.2 Å². The van der Waals surface area contributed by atoms with Crippen molar-refractivity contribution in [2.45, 2.75) is 12.7 Å². The van der Waals surface area contributed by atoms with Gasteiger partial charge in [0.25, 0.3) is 0 Å². The number of carbonyl (C=O) groups is 1. The van der Waals surface area contributed by atoms with Crippen LogP contribution in [0, 0.1) is 0 Å². The van der Waals surface area contributed by atoms with E-state index < -0.39 is 5.97 Å². The van der Waals surface area contributed by atoms with Crippen LogP contribution in [0.5, 0.6) is 0 Å². The molecule has 0 aliphatic heterocycles. The molecule has 0 aliphatic rings. The van der Waals surface area contributed by atoms with Crippen LogP contribution in [-0.4, -0.2) is 29.1 Å². The van der Waals surface area contributed by atoms with Crippen molar-refractivity contribution in [1.29, 1.82) is 0 Å². The second-order valence-electron chi connectivity index (χ2n) is 4.48. The van der Waals surface area contributed by atoms with Gasteiger partial charge in [-0.2, -0.15) is 17.7 Å². The van der Waals surface area contributed by atoms with Gasteiger partial charge in [-0.05, 0) is 19.1 Å². The number of hydrogen-bond donors (Lipinski definition) is 2. The fourth-order valence-electron chi connectivity index (χ4n) is 1.72. The third kappa shape index (κ3) is 5.17. The highest BCUT2D eigenvalue weighted by atomic mass is 35.5. The molecule has 1 aromatic heterocycles. The van der Waals surface area contributed by atoms with Crippen LogP contribution >= 0.6 is 24.2 Å². The zero-order valence-electron chi connectivity index (χ0n) is 12.9. The molecular formula is C15H16ClN5O2S. The van der Waals surface area contributed by atoms with E-state index in [1.165, 1.54) is 0 Å². The topological polar surface area (TPSA) is 88.8 Å². The molecule has 2 aromatic rings. The van der Waals surface area contributed by atoms with Crippen molar-refractivity contribution in [3.05, 3.63) is 41.3 Å². The number of nitrogens with one attached hydrogen (secondary N) is 1. The Morgan fingerprint density at radius 2 is 2.04 bits per heavy atom. The maximum Gasteiger partial charge on any atom is 0.325 e. The molecule has 0 aliphatic carbocycles. The molecule has 0 saturated carbocycles. The van der Waals surface area contributed by atoms with Crippen LogP contribution in [0.2, 0.25) is 5.15 Å². The summed E-state index contributed by atoms with van der Waals surface area (Å²) in [6.45, 7) is 1.96. The first-order valence-corrected chi connectivity index (χ1v) is 8.18. The van der Waals surface area contributed by atoms with E-state index in [9.17, 15) is 4.79 Å². The maximum absolute atomic E-state index is 11.5. The Balaban J connectivity index is 2.27. The monoisotopic (exact) mass is 365 g/mol. The number of anilines is 1. The van der Waals surface area contributed by atoms with Crippen molar-refractivity contribution >= 4 is 47.4 Å². The molecule has 1 aromatic carbocycles. The molecule has 1 N–H and O–H groups in total. The van der Waals surface area contributed by atoms with E-state index in [1.54, 1.807) is 19.1 Å². The second kappa shape index (κ2) is 9.19. The lowest BCUT2D eigenvalue weighted by Crippen LogP contribution is -2.18. The molecule has 2 rings (SSSR count). The van der Waals surface area contributed by atoms with Gasteiger partial charge in [-0.25, -0.2) is 9.97 Å². The van der Waals surface area contributed by atoms with Gasteiger partial charge in [0, 0.05) is 0 Å². The summed E-state index contributed by atoms with van der Waals surface area (Å²) in [6.07, 6.45) is 0. The summed E-state index contributed by atoms with van der Waals surface area (Å²) in [5.74, 6) is 0.593. The molecule has 0 unspecified atom stereocenters. The van der Waals surface area contributed by atoms with E-state index >= 15 is 0 Å². The molecule has 0 atom stereocenters. The van der Waals surface area contributed by atoms with Gasteiger partial charge in [-0.15, -0.1) is 5.11 Å². The highest BCUT2D eigenvalue weighted by Crippen LogP contribution is 2.32. The minimum atomic E-state index is -0.411. The third-order valence-electron chi connectivity index (χ3n) is 2.76. The van der Waals surface area contributed by atoms with Gasteiger partial charge in [0.2, 0.25) is 0 Å². The van der Waals surface area contributed by atoms with Gasteiger partial charge in [-0.3, -0.25) is 4.79 Å². The van der Waals surface area contributed by atoms with Crippen molar-refractivity contribution in [1.82, 2.24) is 9.97 Å². The van der Waals surface area contributed by atoms with Crippen molar-refractivity contribution in [2.24, 2.45) is 10.2 Å². The Hall–Kier alpha value is -2.19. The summed E-state index contributed by atoms with van der Waals surface area (Å²) in [5, 5.41) is 11.2. The van der Waals surface area contributed by atoms with Gasteiger partial charge in [0.1, 0.15) is 12.4 Å². The molecule has 0 fully saturated rings. The van der Waals surface area contributed by atoms with Crippen LogP contribution in [-0.2, 0) is 15.3 Å². The number of ether oxygens (including phenoxy) is 1. The lowest BCUT2D eigenvalue weighted by molar-refractivity contribution is -0.140. The fourth-order valence-corrected chi connectivity index (χ4v) is 2.09. The first kappa shape index (κ1) is 18.2. The van der Waals surface area contributed by atoms with Crippen LogP contribution in [0.1, 0.15) is 12.7 Å². The summed E-state index contributed by atoms with van der Waals surface area (Å²) < 4.78 is 4.87. The zero-order chi connectivity index (χ0) is 17.4. The molecule has 0 saturated heterocycles. The van der Waals surface area contributed by atoms with Gasteiger partial charge in [0.15, 0.2) is 16.7 Å². The van der Waals surface area contributed by atoms with Crippen LogP contribution < -0.4 is 5.32 Å². The van der Waals surface area contributed by atoms with Crippen molar-refractivity contribution < 1.29 is 9.53 Å². The van der Waals surface area contributed by atoms with Gasteiger partial charge < -0.3 is 10.1 Å². The zero-order valence-corrected chi connectivity index (χ0v) is 14.6. The van der Waals surface area contributed by atoms with Crippen LogP contribution in [0.15, 0.2) is 40.6 Å². The Kier molecular flexibility index (Phi) is 6.95. The number of thiol groups is 1. The highest BCUT2D eigenvalue weighted by Gasteiger charge is 2.14. The number of azo groups is 1. The summed E-state index contributed by atoms with van der Waals surface area (Å²) in [6, 6.07) is 9.16. The molecule has 0 spiro atoms. The third-order valence-corrected chi connectivity index (χ3v) is 3.30. The molecule has 0 radical (unpaired) electrons. The largest absolute Gasteiger partial charge is 0.465 e. The molecule has 7 nitrogen and oxygen atoms in total. The van der Waals surface area contributed by atoms with Gasteiger partial charge in [0.05, 0.1) is 18.0 Å². The number of benzene rings is 1. The number of carbonyl (C=O) groups excluding carboxylic acids is 1. The predicted molar refractivity (Wildman–Crippen MR) is 95.5 cm³/mol. The Morgan fingerprint density at radius 1 is 1.29 bits per heavy atom. The lowest BCUT2D eigenvalue weighted by atomic mass is 10.3. The number of rotatable bonds is 7. The lowest BCUT2D eigenvalue weighted by Gasteiger charge is -2.09. The summed E-state index contributed by atoms with van der Waals surface area (Å²) >= 11 is 10.3. The minimum Gasteiger partial charge on any atom is -0.465 e. The Labute approximate surface area is 149 Å². The first-order valence-electron chi connectivity index (χ1n) is 7.17. The van der Waals surface area contributed by atoms with Gasteiger partial charge >= 0.3 is 5.97 Å². The predicted octanol–water partition coefficient (Wildman–Crippen LogP) is 3.95. The number of esters is 1. The summed E-state index contributed by atoms with van der Waals surface area (Å²) in [7, 11) is 0. The standard InChI is InChI=1S/C15H16ClN5O2S/c1-2-23-12(22)8-17-15-13(14(16)18-11(9-24)19-15)21-20-10-6-4-3-5-7-10/h3-7,24H,2,8-9H2,1H3,(H,17,18,19). The van der Waals surface area contributed by atoms with Crippen molar-refractivity contribution in [3.8, 4) is 0 Å².